The first-order valence-electron chi connectivity index (χ1n) is 6.90. The van der Waals surface area contributed by atoms with Gasteiger partial charge in [-0.1, -0.05) is 0 Å². The second-order valence-corrected chi connectivity index (χ2v) is 4.50. The van der Waals surface area contributed by atoms with Crippen molar-refractivity contribution in [2.75, 3.05) is 33.2 Å². The number of rotatable bonds is 9. The van der Waals surface area contributed by atoms with Gasteiger partial charge in [0.15, 0.2) is 0 Å². The summed E-state index contributed by atoms with van der Waals surface area (Å²) < 4.78 is 0. The minimum Gasteiger partial charge on any atom is -0.481 e. The number of carbonyl (C=O) groups is 3. The largest absolute Gasteiger partial charge is 0.481 e. The zero-order valence-electron chi connectivity index (χ0n) is 12.5. The molecule has 0 fully saturated rings. The number of nitrogens with zero attached hydrogens (tertiary/aromatic N) is 2. The Morgan fingerprint density at radius 2 is 1.70 bits per heavy atom. The Labute approximate surface area is 119 Å². The van der Waals surface area contributed by atoms with Gasteiger partial charge in [-0.25, -0.2) is 4.79 Å². The van der Waals surface area contributed by atoms with Gasteiger partial charge in [-0.05, 0) is 26.7 Å². The third-order valence-electron chi connectivity index (χ3n) is 2.93. The van der Waals surface area contributed by atoms with Crippen LogP contribution in [0.2, 0.25) is 0 Å². The highest BCUT2D eigenvalue weighted by molar-refractivity contribution is 5.83. The van der Waals surface area contributed by atoms with E-state index in [9.17, 15) is 14.4 Å². The van der Waals surface area contributed by atoms with Crippen molar-refractivity contribution < 1.29 is 19.5 Å². The van der Waals surface area contributed by atoms with E-state index in [1.165, 1.54) is 4.90 Å². The first kappa shape index (κ1) is 18.2. The van der Waals surface area contributed by atoms with Crippen LogP contribution in [-0.4, -0.2) is 66.0 Å². The molecule has 2 N–H and O–H groups in total. The van der Waals surface area contributed by atoms with Crippen LogP contribution >= 0.6 is 0 Å². The molecule has 0 spiro atoms. The highest BCUT2D eigenvalue weighted by Gasteiger charge is 2.15. The molecule has 20 heavy (non-hydrogen) atoms. The van der Waals surface area contributed by atoms with E-state index in [1.807, 2.05) is 13.8 Å². The van der Waals surface area contributed by atoms with Crippen molar-refractivity contribution in [2.24, 2.45) is 0 Å². The highest BCUT2D eigenvalue weighted by atomic mass is 16.4. The van der Waals surface area contributed by atoms with Crippen LogP contribution in [0.1, 0.15) is 33.1 Å². The lowest BCUT2D eigenvalue weighted by Gasteiger charge is -2.23. The Balaban J connectivity index is 3.91. The lowest BCUT2D eigenvalue weighted by atomic mass is 10.2. The van der Waals surface area contributed by atoms with Crippen molar-refractivity contribution in [3.63, 3.8) is 0 Å². The molecule has 0 rings (SSSR count). The number of carboxylic acid groups (broad SMARTS) is 1. The second-order valence-electron chi connectivity index (χ2n) is 4.50. The molecule has 116 valence electrons. The first-order chi connectivity index (χ1) is 9.42. The van der Waals surface area contributed by atoms with Crippen molar-refractivity contribution in [1.29, 1.82) is 0 Å². The van der Waals surface area contributed by atoms with Gasteiger partial charge in [0.2, 0.25) is 5.91 Å². The first-order valence-corrected chi connectivity index (χ1v) is 6.90. The number of amides is 3. The standard InChI is InChI=1S/C13H25N3O4/c1-4-16(5-2)11(17)10-15(3)13(20)14-9-7-6-8-12(18)19/h4-10H2,1-3H3,(H,14,20)(H,18,19). The summed E-state index contributed by atoms with van der Waals surface area (Å²) in [6.45, 7) is 5.49. The Kier molecular flexibility index (Phi) is 9.15. The molecule has 0 aromatic heterocycles. The number of likely N-dealkylation sites (N-methyl/N-ethyl adjacent to an activating group) is 2. The lowest BCUT2D eigenvalue weighted by Crippen LogP contribution is -2.44. The Morgan fingerprint density at radius 3 is 2.20 bits per heavy atom. The minimum atomic E-state index is -0.835. The van der Waals surface area contributed by atoms with E-state index in [2.05, 4.69) is 5.32 Å². The summed E-state index contributed by atoms with van der Waals surface area (Å²) >= 11 is 0. The van der Waals surface area contributed by atoms with E-state index in [-0.39, 0.29) is 24.9 Å². The van der Waals surface area contributed by atoms with Crippen LogP contribution in [-0.2, 0) is 9.59 Å². The Bertz CT molecular complexity index is 330. The number of hydrogen-bond acceptors (Lipinski definition) is 3. The van der Waals surface area contributed by atoms with E-state index in [0.717, 1.165) is 0 Å². The van der Waals surface area contributed by atoms with E-state index >= 15 is 0 Å². The number of unbranched alkanes of at least 4 members (excludes halogenated alkanes) is 1. The van der Waals surface area contributed by atoms with E-state index in [1.54, 1.807) is 11.9 Å². The zero-order chi connectivity index (χ0) is 15.5. The van der Waals surface area contributed by atoms with Crippen LogP contribution in [0.3, 0.4) is 0 Å². The summed E-state index contributed by atoms with van der Waals surface area (Å²) in [5, 5.41) is 11.1. The van der Waals surface area contributed by atoms with Crippen molar-refractivity contribution in [1.82, 2.24) is 15.1 Å². The molecule has 0 aliphatic rings. The lowest BCUT2D eigenvalue weighted by molar-refractivity contribution is -0.137. The Hall–Kier alpha value is -1.79. The molecule has 0 saturated heterocycles. The molecule has 0 aromatic rings. The molecule has 0 heterocycles. The number of carbonyl (C=O) groups excluding carboxylic acids is 2. The fourth-order valence-corrected chi connectivity index (χ4v) is 1.68. The van der Waals surface area contributed by atoms with Gasteiger partial charge < -0.3 is 20.2 Å². The molecule has 0 aliphatic carbocycles. The van der Waals surface area contributed by atoms with Crippen LogP contribution in [0.5, 0.6) is 0 Å². The summed E-state index contributed by atoms with van der Waals surface area (Å²) in [5.74, 6) is -0.920. The van der Waals surface area contributed by atoms with Crippen LogP contribution in [0.4, 0.5) is 4.79 Å². The number of hydrogen-bond donors (Lipinski definition) is 2. The van der Waals surface area contributed by atoms with E-state index < -0.39 is 5.97 Å². The number of carboxylic acids is 1. The Morgan fingerprint density at radius 1 is 1.10 bits per heavy atom. The summed E-state index contributed by atoms with van der Waals surface area (Å²) in [7, 11) is 1.56. The average Bonchev–Trinajstić information content (AvgIpc) is 2.38. The average molecular weight is 287 g/mol. The van der Waals surface area contributed by atoms with Crippen LogP contribution in [0.25, 0.3) is 0 Å². The van der Waals surface area contributed by atoms with Crippen molar-refractivity contribution in [3.05, 3.63) is 0 Å². The quantitative estimate of drug-likeness (QED) is 0.612. The number of urea groups is 1. The number of aliphatic carboxylic acids is 1. The fourth-order valence-electron chi connectivity index (χ4n) is 1.68. The maximum Gasteiger partial charge on any atom is 0.317 e. The van der Waals surface area contributed by atoms with Crippen LogP contribution in [0.15, 0.2) is 0 Å². The SMILES string of the molecule is CCN(CC)C(=O)CN(C)C(=O)NCCCCC(=O)O. The molecule has 3 amide bonds. The molecule has 0 radical (unpaired) electrons. The molecule has 0 aromatic carbocycles. The van der Waals surface area contributed by atoms with E-state index in [4.69, 9.17) is 5.11 Å². The third-order valence-corrected chi connectivity index (χ3v) is 2.93. The van der Waals surface area contributed by atoms with Gasteiger partial charge in [0.05, 0.1) is 0 Å². The normalized spacial score (nSPS) is 9.95. The second kappa shape index (κ2) is 10.1. The predicted octanol–water partition coefficient (Wildman–Crippen LogP) is 0.751. The molecule has 0 saturated carbocycles. The monoisotopic (exact) mass is 287 g/mol. The maximum absolute atomic E-state index is 11.8. The van der Waals surface area contributed by atoms with Crippen molar-refractivity contribution in [2.45, 2.75) is 33.1 Å². The highest BCUT2D eigenvalue weighted by Crippen LogP contribution is 1.95. The number of nitrogens with one attached hydrogen (secondary N) is 1. The molecule has 0 atom stereocenters. The predicted molar refractivity (Wildman–Crippen MR) is 75.4 cm³/mol. The molecular weight excluding hydrogens is 262 g/mol. The zero-order valence-corrected chi connectivity index (χ0v) is 12.5. The molecule has 7 heteroatoms. The molecule has 0 aliphatic heterocycles. The van der Waals surface area contributed by atoms with Gasteiger partial charge in [0.25, 0.3) is 0 Å². The molecule has 0 unspecified atom stereocenters. The molecule has 0 bridgehead atoms. The summed E-state index contributed by atoms with van der Waals surface area (Å²) in [5.41, 5.74) is 0. The van der Waals surface area contributed by atoms with Gasteiger partial charge in [-0.15, -0.1) is 0 Å². The smallest absolute Gasteiger partial charge is 0.317 e. The van der Waals surface area contributed by atoms with Gasteiger partial charge >= 0.3 is 12.0 Å². The molecule has 7 nitrogen and oxygen atoms in total. The van der Waals surface area contributed by atoms with Crippen molar-refractivity contribution >= 4 is 17.9 Å². The van der Waals surface area contributed by atoms with Gasteiger partial charge in [0, 0.05) is 33.1 Å². The maximum atomic E-state index is 11.8. The van der Waals surface area contributed by atoms with Crippen LogP contribution in [0, 0.1) is 0 Å². The van der Waals surface area contributed by atoms with E-state index in [0.29, 0.717) is 32.5 Å². The van der Waals surface area contributed by atoms with Crippen molar-refractivity contribution in [3.8, 4) is 0 Å². The van der Waals surface area contributed by atoms with Gasteiger partial charge in [-0.2, -0.15) is 0 Å². The molecular formula is C13H25N3O4. The summed E-state index contributed by atoms with van der Waals surface area (Å²) in [6, 6.07) is -0.319. The van der Waals surface area contributed by atoms with Gasteiger partial charge in [0.1, 0.15) is 6.54 Å². The summed E-state index contributed by atoms with van der Waals surface area (Å²) in [6.07, 6.45) is 1.24. The van der Waals surface area contributed by atoms with Gasteiger partial charge in [-0.3, -0.25) is 9.59 Å². The van der Waals surface area contributed by atoms with Crippen LogP contribution < -0.4 is 5.32 Å². The third kappa shape index (κ3) is 7.60. The minimum absolute atomic E-state index is 0.0443. The summed E-state index contributed by atoms with van der Waals surface area (Å²) in [4.78, 5) is 36.8. The topological polar surface area (TPSA) is 90.0 Å². The fraction of sp³-hybridized carbons (Fsp3) is 0.769.